The van der Waals surface area contributed by atoms with Crippen LogP contribution >= 0.6 is 23.5 Å². The Labute approximate surface area is 321 Å². The summed E-state index contributed by atoms with van der Waals surface area (Å²) in [7, 11) is 0. The Morgan fingerprint density at radius 2 is 0.540 bits per heavy atom. The van der Waals surface area contributed by atoms with Crippen LogP contribution in [-0.4, -0.2) is 48.2 Å². The molecule has 50 heavy (non-hydrogen) atoms. The van der Waals surface area contributed by atoms with E-state index in [0.29, 0.717) is 13.2 Å². The van der Waals surface area contributed by atoms with Crippen LogP contribution < -0.4 is 0 Å². The highest BCUT2D eigenvalue weighted by atomic mass is 32.2. The average molecular weight is 741 g/mol. The lowest BCUT2D eigenvalue weighted by atomic mass is 10.0. The highest BCUT2D eigenvalue weighted by molar-refractivity contribution is 7.99. The second-order valence-electron chi connectivity index (χ2n) is 14.4. The molecule has 0 amide bonds. The van der Waals surface area contributed by atoms with Gasteiger partial charge < -0.3 is 9.47 Å². The van der Waals surface area contributed by atoms with E-state index in [1.54, 1.807) is 0 Å². The van der Waals surface area contributed by atoms with Crippen LogP contribution in [0.5, 0.6) is 0 Å². The SMILES string of the molecule is CCSCCCCCCCCCCCCCCCCCCOC(=O)/C=C/C(=O)OCCCCCCCCCCCCCCCCCCSCC. The maximum atomic E-state index is 11.9. The molecule has 0 rings (SSSR count). The average Bonchev–Trinajstić information content (AvgIpc) is 3.12. The number of rotatable bonds is 42. The Kier molecular flexibility index (Phi) is 44.0. The first-order chi connectivity index (χ1) is 24.7. The van der Waals surface area contributed by atoms with Gasteiger partial charge in [0.05, 0.1) is 13.2 Å². The van der Waals surface area contributed by atoms with Gasteiger partial charge in [-0.15, -0.1) is 0 Å². The van der Waals surface area contributed by atoms with Crippen LogP contribution in [-0.2, 0) is 19.1 Å². The second kappa shape index (κ2) is 44.5. The summed E-state index contributed by atoms with van der Waals surface area (Å²) in [5.41, 5.74) is 0. The van der Waals surface area contributed by atoms with Crippen molar-refractivity contribution in [1.29, 1.82) is 0 Å². The Hall–Kier alpha value is -0.620. The Balaban J connectivity index is 3.30. The van der Waals surface area contributed by atoms with Crippen molar-refractivity contribution in [2.75, 3.05) is 36.2 Å². The number of esters is 2. The van der Waals surface area contributed by atoms with E-state index >= 15 is 0 Å². The molecule has 0 bridgehead atoms. The molecule has 0 heterocycles. The fourth-order valence-corrected chi connectivity index (χ4v) is 7.82. The normalized spacial score (nSPS) is 11.5. The fraction of sp³-hybridized carbons (Fsp3) is 0.909. The Morgan fingerprint density at radius 1 is 0.340 bits per heavy atom. The molecule has 0 atom stereocenters. The molecular weight excluding hydrogens is 657 g/mol. The molecule has 0 aromatic heterocycles. The van der Waals surface area contributed by atoms with Gasteiger partial charge in [0.25, 0.3) is 0 Å². The molecule has 4 nitrogen and oxygen atoms in total. The second-order valence-corrected chi connectivity index (χ2v) is 17.2. The lowest BCUT2D eigenvalue weighted by Gasteiger charge is -2.05. The van der Waals surface area contributed by atoms with Crippen LogP contribution in [0.1, 0.15) is 219 Å². The molecule has 296 valence electrons. The number of ether oxygens (including phenoxy) is 2. The fourth-order valence-electron chi connectivity index (χ4n) is 6.43. The summed E-state index contributed by atoms with van der Waals surface area (Å²) >= 11 is 4.15. The molecule has 0 N–H and O–H groups in total. The molecule has 0 aromatic carbocycles. The molecular formula is C44H84O4S2. The molecule has 0 aliphatic carbocycles. The molecule has 0 saturated heterocycles. The molecule has 0 aliphatic rings. The third-order valence-electron chi connectivity index (χ3n) is 9.62. The van der Waals surface area contributed by atoms with Gasteiger partial charge in [0.2, 0.25) is 0 Å². The van der Waals surface area contributed by atoms with E-state index in [9.17, 15) is 9.59 Å². The van der Waals surface area contributed by atoms with E-state index in [1.807, 2.05) is 0 Å². The van der Waals surface area contributed by atoms with E-state index in [-0.39, 0.29) is 0 Å². The molecule has 0 aromatic rings. The maximum Gasteiger partial charge on any atom is 0.331 e. The van der Waals surface area contributed by atoms with Crippen molar-refractivity contribution in [2.45, 2.75) is 219 Å². The monoisotopic (exact) mass is 741 g/mol. The first kappa shape index (κ1) is 49.4. The van der Waals surface area contributed by atoms with Crippen LogP contribution in [0.3, 0.4) is 0 Å². The number of hydrogen-bond donors (Lipinski definition) is 0. The smallest absolute Gasteiger partial charge is 0.331 e. The summed E-state index contributed by atoms with van der Waals surface area (Å²) in [5.74, 6) is 4.32. The van der Waals surface area contributed by atoms with Crippen molar-refractivity contribution in [3.63, 3.8) is 0 Å². The lowest BCUT2D eigenvalue weighted by Crippen LogP contribution is -2.06. The molecule has 6 heteroatoms. The predicted molar refractivity (Wildman–Crippen MR) is 225 cm³/mol. The molecule has 0 fully saturated rings. The number of thioether (sulfide) groups is 2. The molecule has 0 aliphatic heterocycles. The van der Waals surface area contributed by atoms with Crippen LogP contribution in [0.15, 0.2) is 12.2 Å². The standard InChI is InChI=1S/C44H84O4S2/c1-3-49-41-35-31-27-23-19-15-11-7-5-9-13-17-21-25-29-33-39-47-43(45)37-38-44(46)48-40-34-30-26-22-18-14-10-6-8-12-16-20-24-28-32-36-42-50-4-2/h37-38H,3-36,39-42H2,1-2H3/b38-37+. The summed E-state index contributed by atoms with van der Waals surface area (Å²) in [5, 5.41) is 0. The van der Waals surface area contributed by atoms with Gasteiger partial charge >= 0.3 is 11.9 Å². The summed E-state index contributed by atoms with van der Waals surface area (Å²) in [6.07, 6.45) is 44.9. The van der Waals surface area contributed by atoms with Gasteiger partial charge in [-0.2, -0.15) is 23.5 Å². The third kappa shape index (κ3) is 43.5. The van der Waals surface area contributed by atoms with Gasteiger partial charge in [0.1, 0.15) is 0 Å². The molecule has 0 spiro atoms. The van der Waals surface area contributed by atoms with Crippen molar-refractivity contribution < 1.29 is 19.1 Å². The molecule has 0 unspecified atom stereocenters. The maximum absolute atomic E-state index is 11.9. The van der Waals surface area contributed by atoms with E-state index in [2.05, 4.69) is 37.4 Å². The number of unbranched alkanes of at least 4 members (excludes halogenated alkanes) is 30. The van der Waals surface area contributed by atoms with E-state index in [1.165, 1.54) is 215 Å². The van der Waals surface area contributed by atoms with E-state index < -0.39 is 11.9 Å². The zero-order valence-electron chi connectivity index (χ0n) is 33.5. The zero-order valence-corrected chi connectivity index (χ0v) is 35.1. The highest BCUT2D eigenvalue weighted by Gasteiger charge is 2.02. The molecule has 0 saturated carbocycles. The minimum Gasteiger partial charge on any atom is -0.463 e. The topological polar surface area (TPSA) is 52.6 Å². The van der Waals surface area contributed by atoms with Crippen LogP contribution in [0, 0.1) is 0 Å². The first-order valence-electron chi connectivity index (χ1n) is 21.9. The van der Waals surface area contributed by atoms with Gasteiger partial charge in [-0.05, 0) is 48.7 Å². The van der Waals surface area contributed by atoms with Gasteiger partial charge in [0.15, 0.2) is 0 Å². The van der Waals surface area contributed by atoms with Gasteiger partial charge in [-0.1, -0.05) is 194 Å². The van der Waals surface area contributed by atoms with E-state index in [4.69, 9.17) is 9.47 Å². The largest absolute Gasteiger partial charge is 0.463 e. The van der Waals surface area contributed by atoms with Crippen LogP contribution in [0.25, 0.3) is 0 Å². The van der Waals surface area contributed by atoms with Crippen LogP contribution in [0.2, 0.25) is 0 Å². The number of carbonyl (C=O) groups excluding carboxylic acids is 2. The van der Waals surface area contributed by atoms with Crippen molar-refractivity contribution in [3.8, 4) is 0 Å². The summed E-state index contributed by atoms with van der Waals surface area (Å²) in [4.78, 5) is 23.8. The van der Waals surface area contributed by atoms with Crippen molar-refractivity contribution in [2.24, 2.45) is 0 Å². The summed E-state index contributed by atoms with van der Waals surface area (Å²) in [6.45, 7) is 5.35. The lowest BCUT2D eigenvalue weighted by molar-refractivity contribution is -0.140. The minimum absolute atomic E-state index is 0.426. The van der Waals surface area contributed by atoms with Gasteiger partial charge in [-0.25, -0.2) is 9.59 Å². The minimum atomic E-state index is -0.452. The predicted octanol–water partition coefficient (Wildman–Crippen LogP) is 14.6. The van der Waals surface area contributed by atoms with Gasteiger partial charge in [-0.3, -0.25) is 0 Å². The van der Waals surface area contributed by atoms with Crippen molar-refractivity contribution >= 4 is 35.5 Å². The highest BCUT2D eigenvalue weighted by Crippen LogP contribution is 2.16. The quantitative estimate of drug-likeness (QED) is 0.0353. The molecule has 0 radical (unpaired) electrons. The third-order valence-corrected chi connectivity index (χ3v) is 11.6. The van der Waals surface area contributed by atoms with Crippen molar-refractivity contribution in [3.05, 3.63) is 12.2 Å². The van der Waals surface area contributed by atoms with Crippen LogP contribution in [0.4, 0.5) is 0 Å². The van der Waals surface area contributed by atoms with E-state index in [0.717, 1.165) is 25.7 Å². The summed E-state index contributed by atoms with van der Waals surface area (Å²) in [6, 6.07) is 0. The first-order valence-corrected chi connectivity index (χ1v) is 24.2. The van der Waals surface area contributed by atoms with Gasteiger partial charge in [0, 0.05) is 12.2 Å². The zero-order chi connectivity index (χ0) is 36.3. The van der Waals surface area contributed by atoms with Crippen molar-refractivity contribution in [1.82, 2.24) is 0 Å². The summed E-state index contributed by atoms with van der Waals surface area (Å²) < 4.78 is 10.5. The Bertz CT molecular complexity index is 656. The Morgan fingerprint density at radius 3 is 0.760 bits per heavy atom. The number of hydrogen-bond acceptors (Lipinski definition) is 6. The number of carbonyl (C=O) groups is 2.